The number of benzene rings is 1. The quantitative estimate of drug-likeness (QED) is 0.227. The number of nitro benzene ring substituents is 1. The summed E-state index contributed by atoms with van der Waals surface area (Å²) in [5, 5.41) is 13.8. The molecule has 1 atom stereocenters. The Morgan fingerprint density at radius 2 is 2.04 bits per heavy atom. The SMILES string of the molecule is O=C(COC(=O)CCCC[C@H]1CCSS1)Nc1ccc([N+](=O)[O-])cc1. The number of carbonyl (C=O) groups is 2. The van der Waals surface area contributed by atoms with Gasteiger partial charge in [0, 0.05) is 35.2 Å². The predicted octanol–water partition coefficient (Wildman–Crippen LogP) is 3.79. The summed E-state index contributed by atoms with van der Waals surface area (Å²) in [6.45, 7) is -0.356. The summed E-state index contributed by atoms with van der Waals surface area (Å²) in [5.74, 6) is 0.357. The van der Waals surface area contributed by atoms with Gasteiger partial charge in [0.15, 0.2) is 6.61 Å². The number of hydrogen-bond donors (Lipinski definition) is 1. The minimum absolute atomic E-state index is 0.0565. The maximum absolute atomic E-state index is 11.7. The van der Waals surface area contributed by atoms with Crippen LogP contribution in [0.25, 0.3) is 0 Å². The molecular weight excluding hydrogens is 364 g/mol. The van der Waals surface area contributed by atoms with Crippen LogP contribution in [0, 0.1) is 10.1 Å². The number of rotatable bonds is 9. The topological polar surface area (TPSA) is 98.5 Å². The number of amides is 1. The first-order valence-electron chi connectivity index (χ1n) is 8.03. The highest BCUT2D eigenvalue weighted by atomic mass is 33.1. The van der Waals surface area contributed by atoms with Gasteiger partial charge in [0.1, 0.15) is 0 Å². The largest absolute Gasteiger partial charge is 0.456 e. The van der Waals surface area contributed by atoms with Crippen molar-refractivity contribution in [3.63, 3.8) is 0 Å². The van der Waals surface area contributed by atoms with Crippen LogP contribution in [-0.2, 0) is 14.3 Å². The van der Waals surface area contributed by atoms with Crippen molar-refractivity contribution in [2.75, 3.05) is 17.7 Å². The summed E-state index contributed by atoms with van der Waals surface area (Å²) in [7, 11) is 3.84. The van der Waals surface area contributed by atoms with E-state index in [0.717, 1.165) is 19.3 Å². The normalized spacial score (nSPS) is 16.4. The molecule has 136 valence electrons. The first-order chi connectivity index (χ1) is 12.0. The Morgan fingerprint density at radius 1 is 1.28 bits per heavy atom. The number of anilines is 1. The van der Waals surface area contributed by atoms with E-state index in [0.29, 0.717) is 17.4 Å². The maximum atomic E-state index is 11.7. The molecule has 9 heteroatoms. The zero-order chi connectivity index (χ0) is 18.1. The molecule has 7 nitrogen and oxygen atoms in total. The Labute approximate surface area is 153 Å². The maximum Gasteiger partial charge on any atom is 0.306 e. The third-order valence-electron chi connectivity index (χ3n) is 3.61. The zero-order valence-electron chi connectivity index (χ0n) is 13.6. The second-order valence-electron chi connectivity index (χ2n) is 5.59. The number of esters is 1. The molecule has 1 saturated heterocycles. The molecule has 1 fully saturated rings. The number of hydrogen-bond acceptors (Lipinski definition) is 7. The molecule has 1 heterocycles. The van der Waals surface area contributed by atoms with Crippen LogP contribution in [0.15, 0.2) is 24.3 Å². The van der Waals surface area contributed by atoms with Gasteiger partial charge in [-0.2, -0.15) is 0 Å². The standard InChI is InChI=1S/C16H20N2O5S2/c19-15(17-12-5-7-13(8-6-12)18(21)22)11-23-16(20)4-2-1-3-14-9-10-24-25-14/h5-8,14H,1-4,9-11H2,(H,17,19)/t14-/m0/s1. The van der Waals surface area contributed by atoms with E-state index in [4.69, 9.17) is 4.74 Å². The second kappa shape index (κ2) is 10.3. The number of unbranched alkanes of at least 4 members (excludes halogenated alkanes) is 1. The average Bonchev–Trinajstić information content (AvgIpc) is 3.11. The van der Waals surface area contributed by atoms with E-state index >= 15 is 0 Å². The smallest absolute Gasteiger partial charge is 0.306 e. The van der Waals surface area contributed by atoms with E-state index in [-0.39, 0.29) is 18.3 Å². The van der Waals surface area contributed by atoms with Crippen molar-refractivity contribution in [3.8, 4) is 0 Å². The summed E-state index contributed by atoms with van der Waals surface area (Å²) in [6.07, 6.45) is 4.43. The van der Waals surface area contributed by atoms with Gasteiger partial charge in [0.25, 0.3) is 11.6 Å². The van der Waals surface area contributed by atoms with Crippen LogP contribution >= 0.6 is 21.6 Å². The Bertz CT molecular complexity index is 603. The molecule has 1 amide bonds. The molecule has 0 radical (unpaired) electrons. The van der Waals surface area contributed by atoms with Crippen molar-refractivity contribution in [1.82, 2.24) is 0 Å². The monoisotopic (exact) mass is 384 g/mol. The number of carbonyl (C=O) groups excluding carboxylic acids is 2. The number of non-ortho nitro benzene ring substituents is 1. The molecule has 0 aliphatic carbocycles. The van der Waals surface area contributed by atoms with E-state index < -0.39 is 10.8 Å². The van der Waals surface area contributed by atoms with Gasteiger partial charge in [0.05, 0.1) is 4.92 Å². The van der Waals surface area contributed by atoms with Crippen molar-refractivity contribution in [2.24, 2.45) is 0 Å². The van der Waals surface area contributed by atoms with Crippen LogP contribution in [0.1, 0.15) is 32.1 Å². The molecule has 0 unspecified atom stereocenters. The highest BCUT2D eigenvalue weighted by Gasteiger charge is 2.16. The predicted molar refractivity (Wildman–Crippen MR) is 99.6 cm³/mol. The van der Waals surface area contributed by atoms with Gasteiger partial charge < -0.3 is 10.1 Å². The van der Waals surface area contributed by atoms with Gasteiger partial charge in [0.2, 0.25) is 0 Å². The van der Waals surface area contributed by atoms with Crippen LogP contribution in [0.4, 0.5) is 11.4 Å². The molecule has 2 rings (SSSR count). The van der Waals surface area contributed by atoms with Gasteiger partial charge >= 0.3 is 5.97 Å². The first-order valence-corrected chi connectivity index (χ1v) is 10.4. The summed E-state index contributed by atoms with van der Waals surface area (Å²) in [6, 6.07) is 5.44. The summed E-state index contributed by atoms with van der Waals surface area (Å²) < 4.78 is 4.94. The van der Waals surface area contributed by atoms with Crippen molar-refractivity contribution < 1.29 is 19.2 Å². The second-order valence-corrected chi connectivity index (χ2v) is 8.38. The highest BCUT2D eigenvalue weighted by Crippen LogP contribution is 2.39. The molecular formula is C16H20N2O5S2. The van der Waals surface area contributed by atoms with Crippen LogP contribution < -0.4 is 5.32 Å². The van der Waals surface area contributed by atoms with Gasteiger partial charge in [-0.25, -0.2) is 0 Å². The number of nitrogens with one attached hydrogen (secondary N) is 1. The van der Waals surface area contributed by atoms with Crippen molar-refractivity contribution in [3.05, 3.63) is 34.4 Å². The molecule has 0 bridgehead atoms. The Balaban J connectivity index is 1.58. The molecule has 1 aliphatic rings. The van der Waals surface area contributed by atoms with Gasteiger partial charge in [-0.15, -0.1) is 0 Å². The third kappa shape index (κ3) is 7.35. The lowest BCUT2D eigenvalue weighted by molar-refractivity contribution is -0.384. The van der Waals surface area contributed by atoms with E-state index in [1.807, 2.05) is 21.6 Å². The van der Waals surface area contributed by atoms with Crippen LogP contribution in [0.5, 0.6) is 0 Å². The van der Waals surface area contributed by atoms with Gasteiger partial charge in [-0.1, -0.05) is 28.0 Å². The molecule has 0 saturated carbocycles. The third-order valence-corrected chi connectivity index (χ3v) is 6.62. The van der Waals surface area contributed by atoms with Crippen molar-refractivity contribution in [1.29, 1.82) is 0 Å². The zero-order valence-corrected chi connectivity index (χ0v) is 15.3. The lowest BCUT2D eigenvalue weighted by Crippen LogP contribution is -2.20. The van der Waals surface area contributed by atoms with Gasteiger partial charge in [-0.05, 0) is 31.4 Å². The molecule has 1 N–H and O–H groups in total. The summed E-state index contributed by atoms with van der Waals surface area (Å²) in [5.41, 5.74) is 0.359. The molecule has 25 heavy (non-hydrogen) atoms. The van der Waals surface area contributed by atoms with E-state index in [1.165, 1.54) is 36.4 Å². The molecule has 0 aromatic heterocycles. The molecule has 1 aromatic rings. The number of ether oxygens (including phenoxy) is 1. The minimum Gasteiger partial charge on any atom is -0.456 e. The fourth-order valence-electron chi connectivity index (χ4n) is 2.29. The summed E-state index contributed by atoms with van der Waals surface area (Å²) >= 11 is 0. The van der Waals surface area contributed by atoms with E-state index in [9.17, 15) is 19.7 Å². The van der Waals surface area contributed by atoms with E-state index in [2.05, 4.69) is 5.32 Å². The molecule has 1 aliphatic heterocycles. The Morgan fingerprint density at radius 3 is 2.68 bits per heavy atom. The minimum atomic E-state index is -0.516. The van der Waals surface area contributed by atoms with E-state index in [1.54, 1.807) is 0 Å². The fourth-order valence-corrected chi connectivity index (χ4v) is 5.32. The van der Waals surface area contributed by atoms with Gasteiger partial charge in [-0.3, -0.25) is 19.7 Å². The fraction of sp³-hybridized carbons (Fsp3) is 0.500. The number of nitrogens with zero attached hydrogens (tertiary/aromatic N) is 1. The van der Waals surface area contributed by atoms with Crippen LogP contribution in [-0.4, -0.2) is 34.4 Å². The first kappa shape index (κ1) is 19.6. The van der Waals surface area contributed by atoms with Crippen LogP contribution in [0.3, 0.4) is 0 Å². The summed E-state index contributed by atoms with van der Waals surface area (Å²) in [4.78, 5) is 33.4. The Hall–Kier alpha value is -1.74. The lowest BCUT2D eigenvalue weighted by Gasteiger charge is -2.08. The van der Waals surface area contributed by atoms with Crippen LogP contribution in [0.2, 0.25) is 0 Å². The molecule has 1 aromatic carbocycles. The molecule has 0 spiro atoms. The van der Waals surface area contributed by atoms with Crippen molar-refractivity contribution >= 4 is 44.8 Å². The number of nitro groups is 1. The Kier molecular flexibility index (Phi) is 8.07. The van der Waals surface area contributed by atoms with Crippen molar-refractivity contribution in [2.45, 2.75) is 37.4 Å². The average molecular weight is 384 g/mol. The lowest BCUT2D eigenvalue weighted by atomic mass is 10.1. The highest BCUT2D eigenvalue weighted by molar-refractivity contribution is 8.77.